The maximum absolute atomic E-state index is 13.1. The van der Waals surface area contributed by atoms with Crippen LogP contribution in [0.15, 0.2) is 59.7 Å². The SMILES string of the molecule is NC(=O)C1=NN(c2ccc(C(=O)N3CC4CN(CC[CH]c5ccccc5)C[C@H]4C3)cc2)C(=O)C1. The van der Waals surface area contributed by atoms with E-state index in [1.54, 1.807) is 24.3 Å². The molecule has 0 spiro atoms. The Morgan fingerprint density at radius 2 is 1.65 bits per heavy atom. The molecule has 1 radical (unpaired) electrons. The van der Waals surface area contributed by atoms with Crippen LogP contribution >= 0.6 is 0 Å². The first-order valence-corrected chi connectivity index (χ1v) is 11.7. The Morgan fingerprint density at radius 3 is 2.26 bits per heavy atom. The van der Waals surface area contributed by atoms with Gasteiger partial charge >= 0.3 is 0 Å². The summed E-state index contributed by atoms with van der Waals surface area (Å²) in [6.07, 6.45) is 3.21. The Labute approximate surface area is 199 Å². The van der Waals surface area contributed by atoms with Crippen molar-refractivity contribution in [3.8, 4) is 0 Å². The maximum atomic E-state index is 13.1. The number of anilines is 1. The van der Waals surface area contributed by atoms with Gasteiger partial charge in [0.25, 0.3) is 17.7 Å². The number of hydrazone groups is 1. The summed E-state index contributed by atoms with van der Waals surface area (Å²) in [7, 11) is 0. The minimum Gasteiger partial charge on any atom is -0.364 e. The molecule has 2 N–H and O–H groups in total. The number of primary amides is 1. The second-order valence-corrected chi connectivity index (χ2v) is 9.23. The predicted molar refractivity (Wildman–Crippen MR) is 129 cm³/mol. The van der Waals surface area contributed by atoms with Crippen molar-refractivity contribution < 1.29 is 14.4 Å². The molecule has 34 heavy (non-hydrogen) atoms. The van der Waals surface area contributed by atoms with E-state index in [0.29, 0.717) is 23.1 Å². The van der Waals surface area contributed by atoms with Crippen LogP contribution in [0.4, 0.5) is 5.69 Å². The molecule has 2 saturated heterocycles. The average Bonchev–Trinajstić information content (AvgIpc) is 3.53. The number of carbonyl (C=O) groups is 3. The predicted octanol–water partition coefficient (Wildman–Crippen LogP) is 1.91. The molecule has 2 aromatic carbocycles. The van der Waals surface area contributed by atoms with Crippen LogP contribution in [0.5, 0.6) is 0 Å². The summed E-state index contributed by atoms with van der Waals surface area (Å²) in [5.41, 5.74) is 7.63. The summed E-state index contributed by atoms with van der Waals surface area (Å²) >= 11 is 0. The topological polar surface area (TPSA) is 99.3 Å². The number of hydrogen-bond donors (Lipinski definition) is 1. The molecule has 2 fully saturated rings. The zero-order valence-electron chi connectivity index (χ0n) is 19.0. The highest BCUT2D eigenvalue weighted by atomic mass is 16.2. The molecule has 5 rings (SSSR count). The monoisotopic (exact) mass is 458 g/mol. The van der Waals surface area contributed by atoms with E-state index in [1.165, 1.54) is 10.6 Å². The molecule has 0 aliphatic carbocycles. The quantitative estimate of drug-likeness (QED) is 0.685. The lowest BCUT2D eigenvalue weighted by Crippen LogP contribution is -2.33. The smallest absolute Gasteiger partial charge is 0.265 e. The number of nitrogens with zero attached hydrogens (tertiary/aromatic N) is 4. The highest BCUT2D eigenvalue weighted by Gasteiger charge is 2.41. The van der Waals surface area contributed by atoms with Crippen LogP contribution in [0.25, 0.3) is 0 Å². The third-order valence-corrected chi connectivity index (χ3v) is 6.89. The summed E-state index contributed by atoms with van der Waals surface area (Å²) in [5, 5.41) is 5.16. The van der Waals surface area contributed by atoms with E-state index in [-0.39, 0.29) is 23.9 Å². The van der Waals surface area contributed by atoms with Crippen LogP contribution in [-0.2, 0) is 9.59 Å². The molecule has 0 saturated carbocycles. The van der Waals surface area contributed by atoms with Crippen molar-refractivity contribution in [2.75, 3.05) is 37.7 Å². The summed E-state index contributed by atoms with van der Waals surface area (Å²) in [6.45, 7) is 4.68. The standard InChI is InChI=1S/C26H28N5O3/c27-25(33)23-13-24(32)31(28-23)22-10-8-19(9-11-22)26(34)30-16-20-14-29(15-21(20)17-30)12-4-7-18-5-2-1-3-6-18/h1-3,5-11,20-21H,4,12-17H2,(H2,27,33)/t20-,21?/m0/s1. The van der Waals surface area contributed by atoms with E-state index in [4.69, 9.17) is 5.73 Å². The fourth-order valence-electron chi connectivity index (χ4n) is 5.14. The summed E-state index contributed by atoms with van der Waals surface area (Å²) in [4.78, 5) is 40.9. The van der Waals surface area contributed by atoms with Crippen molar-refractivity contribution >= 4 is 29.1 Å². The number of carbonyl (C=O) groups excluding carboxylic acids is 3. The van der Waals surface area contributed by atoms with Gasteiger partial charge in [-0.05, 0) is 61.1 Å². The molecule has 3 heterocycles. The van der Waals surface area contributed by atoms with Gasteiger partial charge in [0.1, 0.15) is 5.71 Å². The second kappa shape index (κ2) is 9.38. The van der Waals surface area contributed by atoms with Gasteiger partial charge in [0, 0.05) is 31.7 Å². The molecule has 8 heteroatoms. The van der Waals surface area contributed by atoms with Crippen LogP contribution in [0, 0.1) is 18.3 Å². The zero-order valence-corrected chi connectivity index (χ0v) is 19.0. The van der Waals surface area contributed by atoms with Crippen molar-refractivity contribution in [3.63, 3.8) is 0 Å². The molecule has 8 nitrogen and oxygen atoms in total. The zero-order chi connectivity index (χ0) is 23.7. The first-order chi connectivity index (χ1) is 16.5. The van der Waals surface area contributed by atoms with Gasteiger partial charge in [-0.15, -0.1) is 0 Å². The second-order valence-electron chi connectivity index (χ2n) is 9.23. The number of amides is 3. The van der Waals surface area contributed by atoms with Crippen LogP contribution in [0.3, 0.4) is 0 Å². The highest BCUT2D eigenvalue weighted by Crippen LogP contribution is 2.32. The number of rotatable bonds is 7. The Bertz CT molecular complexity index is 1100. The minimum atomic E-state index is -0.699. The van der Waals surface area contributed by atoms with Gasteiger partial charge in [0.05, 0.1) is 12.1 Å². The lowest BCUT2D eigenvalue weighted by atomic mass is 10.0. The van der Waals surface area contributed by atoms with Crippen molar-refractivity contribution in [2.24, 2.45) is 22.7 Å². The lowest BCUT2D eigenvalue weighted by molar-refractivity contribution is -0.117. The number of hydrogen-bond acceptors (Lipinski definition) is 5. The Hall–Kier alpha value is -3.52. The van der Waals surface area contributed by atoms with Crippen LogP contribution in [0.1, 0.15) is 28.8 Å². The van der Waals surface area contributed by atoms with E-state index < -0.39 is 5.91 Å². The molecule has 2 aromatic rings. The molecular formula is C26H28N5O3. The van der Waals surface area contributed by atoms with E-state index in [9.17, 15) is 14.4 Å². The summed E-state index contributed by atoms with van der Waals surface area (Å²) < 4.78 is 0. The van der Waals surface area contributed by atoms with Gasteiger partial charge in [-0.3, -0.25) is 14.4 Å². The average molecular weight is 459 g/mol. The molecule has 1 unspecified atom stereocenters. The molecule has 175 valence electrons. The molecule has 0 aromatic heterocycles. The largest absolute Gasteiger partial charge is 0.364 e. The number of fused-ring (bicyclic) bond motifs is 1. The maximum Gasteiger partial charge on any atom is 0.265 e. The van der Waals surface area contributed by atoms with Crippen molar-refractivity contribution in [1.82, 2.24) is 9.80 Å². The summed E-state index contributed by atoms with van der Waals surface area (Å²) in [5.74, 6) is 0.0349. The van der Waals surface area contributed by atoms with E-state index in [1.807, 2.05) is 11.0 Å². The van der Waals surface area contributed by atoms with E-state index in [2.05, 4.69) is 40.7 Å². The Morgan fingerprint density at radius 1 is 0.971 bits per heavy atom. The third-order valence-electron chi connectivity index (χ3n) is 6.89. The van der Waals surface area contributed by atoms with Gasteiger partial charge in [-0.2, -0.15) is 10.1 Å². The van der Waals surface area contributed by atoms with E-state index >= 15 is 0 Å². The molecule has 3 aliphatic heterocycles. The normalized spacial score (nSPS) is 22.2. The molecule has 3 amide bonds. The minimum absolute atomic E-state index is 0.0129. The Kier molecular flexibility index (Phi) is 6.15. The molecule has 2 atom stereocenters. The number of nitrogens with two attached hydrogens (primary N) is 1. The van der Waals surface area contributed by atoms with Crippen LogP contribution < -0.4 is 10.7 Å². The highest BCUT2D eigenvalue weighted by molar-refractivity contribution is 6.44. The van der Waals surface area contributed by atoms with Gasteiger partial charge in [-0.25, -0.2) is 0 Å². The summed E-state index contributed by atoms with van der Waals surface area (Å²) in [6, 6.07) is 17.2. The molecular weight excluding hydrogens is 430 g/mol. The van der Waals surface area contributed by atoms with Crippen molar-refractivity contribution in [2.45, 2.75) is 12.8 Å². The van der Waals surface area contributed by atoms with E-state index in [0.717, 1.165) is 39.1 Å². The first-order valence-electron chi connectivity index (χ1n) is 11.7. The Balaban J connectivity index is 1.12. The number of likely N-dealkylation sites (tertiary alicyclic amines) is 2. The van der Waals surface area contributed by atoms with Crippen LogP contribution in [-0.4, -0.2) is 66.0 Å². The van der Waals surface area contributed by atoms with Gasteiger partial charge in [0.2, 0.25) is 0 Å². The molecule has 0 bridgehead atoms. The van der Waals surface area contributed by atoms with Crippen LogP contribution in [0.2, 0.25) is 0 Å². The first kappa shape index (κ1) is 22.3. The number of benzene rings is 2. The molecule has 3 aliphatic rings. The van der Waals surface area contributed by atoms with Gasteiger partial charge in [-0.1, -0.05) is 30.3 Å². The fourth-order valence-corrected chi connectivity index (χ4v) is 5.14. The van der Waals surface area contributed by atoms with Crippen molar-refractivity contribution in [3.05, 3.63) is 72.1 Å². The fraction of sp³-hybridized carbons (Fsp3) is 0.346. The lowest BCUT2D eigenvalue weighted by Gasteiger charge is -2.22. The third kappa shape index (κ3) is 4.59. The van der Waals surface area contributed by atoms with Crippen molar-refractivity contribution in [1.29, 1.82) is 0 Å². The van der Waals surface area contributed by atoms with Gasteiger partial charge < -0.3 is 15.5 Å². The van der Waals surface area contributed by atoms with Gasteiger partial charge in [0.15, 0.2) is 0 Å².